The van der Waals surface area contributed by atoms with Crippen molar-refractivity contribution >= 4 is 22.9 Å². The van der Waals surface area contributed by atoms with E-state index in [1.54, 1.807) is 0 Å². The van der Waals surface area contributed by atoms with Crippen molar-refractivity contribution in [1.82, 2.24) is 19.4 Å². The zero-order chi connectivity index (χ0) is 26.6. The Kier molecular flexibility index (Phi) is 8.42. The van der Waals surface area contributed by atoms with Gasteiger partial charge in [-0.05, 0) is 68.5 Å². The van der Waals surface area contributed by atoms with Crippen molar-refractivity contribution in [3.63, 3.8) is 0 Å². The molecule has 2 fully saturated rings. The molecule has 0 saturated carbocycles. The zero-order valence-corrected chi connectivity index (χ0v) is 22.4. The number of aryl methyl sites for hydroxylation is 1. The van der Waals surface area contributed by atoms with E-state index in [1.165, 1.54) is 5.69 Å². The summed E-state index contributed by atoms with van der Waals surface area (Å²) in [6.07, 6.45) is 10.1. The second kappa shape index (κ2) is 11.5. The number of halogens is 2. The summed E-state index contributed by atoms with van der Waals surface area (Å²) in [4.78, 5) is 13.6. The minimum atomic E-state index is -2.38. The van der Waals surface area contributed by atoms with Crippen LogP contribution >= 0.6 is 0 Å². The van der Waals surface area contributed by atoms with Crippen LogP contribution in [0.25, 0.3) is 22.8 Å². The van der Waals surface area contributed by atoms with E-state index in [-0.39, 0.29) is 12.8 Å². The van der Waals surface area contributed by atoms with E-state index < -0.39 is 5.92 Å². The average molecular weight is 508 g/mol. The van der Waals surface area contributed by atoms with Gasteiger partial charge in [0.2, 0.25) is 0 Å². The van der Waals surface area contributed by atoms with Gasteiger partial charge in [0.05, 0.1) is 11.9 Å². The van der Waals surface area contributed by atoms with Crippen LogP contribution in [0.5, 0.6) is 0 Å². The van der Waals surface area contributed by atoms with Gasteiger partial charge in [-0.15, -0.1) is 0 Å². The van der Waals surface area contributed by atoms with Gasteiger partial charge < -0.3 is 9.80 Å². The molecule has 0 radical (unpaired) electrons. The minimum Gasteiger partial charge on any atom is -0.331 e. The van der Waals surface area contributed by atoms with Gasteiger partial charge in [-0.25, -0.2) is 18.7 Å². The average Bonchev–Trinajstić information content (AvgIpc) is 3.47. The fourth-order valence-electron chi connectivity index (χ4n) is 4.81. The second-order valence-corrected chi connectivity index (χ2v) is 10.6. The van der Waals surface area contributed by atoms with Gasteiger partial charge in [0.15, 0.2) is 0 Å². The first kappa shape index (κ1) is 27.0. The van der Waals surface area contributed by atoms with Gasteiger partial charge in [-0.2, -0.15) is 0 Å². The molecule has 0 amide bonds. The summed E-state index contributed by atoms with van der Waals surface area (Å²) >= 11 is 0. The number of alkyl halides is 2. The molecule has 2 saturated heterocycles. The normalized spacial score (nSPS) is 17.8. The molecule has 0 bridgehead atoms. The monoisotopic (exact) mass is 507 g/mol. The fraction of sp³-hybridized carbons (Fsp3) is 0.467. The number of aromatic nitrogens is 3. The Hall–Kier alpha value is -3.06. The van der Waals surface area contributed by atoms with Crippen molar-refractivity contribution in [3.8, 4) is 5.69 Å². The van der Waals surface area contributed by atoms with Gasteiger partial charge in [0, 0.05) is 55.4 Å². The van der Waals surface area contributed by atoms with E-state index in [0.717, 1.165) is 66.0 Å². The number of hydrogen-bond acceptors (Lipinski definition) is 4. The molecule has 3 aromatic rings. The quantitative estimate of drug-likeness (QED) is 0.356. The fourth-order valence-corrected chi connectivity index (χ4v) is 4.81. The van der Waals surface area contributed by atoms with E-state index in [4.69, 9.17) is 9.97 Å². The van der Waals surface area contributed by atoms with Crippen LogP contribution in [0.3, 0.4) is 0 Å². The highest BCUT2D eigenvalue weighted by atomic mass is 19.3. The highest BCUT2D eigenvalue weighted by Crippen LogP contribution is 2.29. The Labute approximate surface area is 219 Å². The van der Waals surface area contributed by atoms with E-state index in [2.05, 4.69) is 60.7 Å². The number of nitrogens with zero attached hydrogens (tertiary/aromatic N) is 5. The smallest absolute Gasteiger partial charge is 0.250 e. The lowest BCUT2D eigenvalue weighted by Gasteiger charge is -2.28. The molecule has 3 aromatic heterocycles. The Balaban J connectivity index is 0.000000301. The molecular weight excluding hydrogens is 468 g/mol. The summed E-state index contributed by atoms with van der Waals surface area (Å²) in [5.41, 5.74) is 5.51. The molecule has 198 valence electrons. The Bertz CT molecular complexity index is 1220. The molecule has 5 nitrogen and oxygen atoms in total. The number of allylic oxidation sites excluding steroid dienone is 1. The van der Waals surface area contributed by atoms with Crippen LogP contribution in [-0.4, -0.2) is 52.0 Å². The van der Waals surface area contributed by atoms with E-state index in [9.17, 15) is 8.78 Å². The topological polar surface area (TPSA) is 37.2 Å². The maximum Gasteiger partial charge on any atom is 0.250 e. The van der Waals surface area contributed by atoms with Gasteiger partial charge in [0.1, 0.15) is 11.5 Å². The number of likely N-dealkylation sites (tertiary alicyclic amines) is 1. The van der Waals surface area contributed by atoms with E-state index >= 15 is 0 Å². The highest BCUT2D eigenvalue weighted by molar-refractivity contribution is 5.81. The van der Waals surface area contributed by atoms with Crippen LogP contribution in [0.2, 0.25) is 0 Å². The molecule has 0 unspecified atom stereocenters. The molecule has 2 aliphatic heterocycles. The summed E-state index contributed by atoms with van der Waals surface area (Å²) in [7, 11) is 1.87. The first-order valence-electron chi connectivity index (χ1n) is 13.3. The standard InChI is InChI=1S/C24H28N4.C6H11F2N/c1-5-19-13-20-14-21(9-8-17(2)3)28(24(20)26-15-19)22-10-11-23(25-16-22)27-12-6-7-18(27)4;1-9-4-2-6(7,8)3-5-9/h5,10-11,13-17H,1,4,6-9,12H2,2-3H3;2-5H2,1H3. The Morgan fingerprint density at radius 2 is 1.84 bits per heavy atom. The lowest BCUT2D eigenvalue weighted by Crippen LogP contribution is -2.36. The van der Waals surface area contributed by atoms with E-state index in [1.807, 2.05) is 30.4 Å². The van der Waals surface area contributed by atoms with Gasteiger partial charge in [-0.3, -0.25) is 4.57 Å². The van der Waals surface area contributed by atoms with Crippen LogP contribution < -0.4 is 4.90 Å². The molecule has 0 spiro atoms. The molecule has 7 heteroatoms. The second-order valence-electron chi connectivity index (χ2n) is 10.6. The van der Waals surface area contributed by atoms with E-state index in [0.29, 0.717) is 19.0 Å². The van der Waals surface area contributed by atoms with Crippen molar-refractivity contribution < 1.29 is 8.78 Å². The summed E-state index contributed by atoms with van der Waals surface area (Å²) < 4.78 is 27.0. The van der Waals surface area contributed by atoms with Gasteiger partial charge in [-0.1, -0.05) is 33.1 Å². The minimum absolute atomic E-state index is 0.0312. The molecule has 2 aliphatic rings. The van der Waals surface area contributed by atoms with Gasteiger partial charge in [0.25, 0.3) is 5.92 Å². The van der Waals surface area contributed by atoms with Gasteiger partial charge >= 0.3 is 0 Å². The Morgan fingerprint density at radius 3 is 2.41 bits per heavy atom. The van der Waals surface area contributed by atoms with Crippen LogP contribution in [0.1, 0.15) is 57.2 Å². The van der Waals surface area contributed by atoms with Crippen LogP contribution in [0.4, 0.5) is 14.6 Å². The van der Waals surface area contributed by atoms with Crippen molar-refractivity contribution in [2.45, 2.75) is 58.3 Å². The first-order valence-corrected chi connectivity index (χ1v) is 13.3. The van der Waals surface area contributed by atoms with Crippen molar-refractivity contribution in [1.29, 1.82) is 0 Å². The van der Waals surface area contributed by atoms with Crippen molar-refractivity contribution in [2.24, 2.45) is 5.92 Å². The first-order chi connectivity index (χ1) is 17.7. The summed E-state index contributed by atoms with van der Waals surface area (Å²) in [5.74, 6) is -0.745. The zero-order valence-electron chi connectivity index (χ0n) is 22.4. The third-order valence-electron chi connectivity index (χ3n) is 7.17. The molecule has 5 heterocycles. The molecular formula is C30H39F2N5. The summed E-state index contributed by atoms with van der Waals surface area (Å²) in [5, 5.41) is 1.15. The lowest BCUT2D eigenvalue weighted by atomic mass is 10.1. The maximum absolute atomic E-state index is 12.4. The number of rotatable bonds is 6. The summed E-state index contributed by atoms with van der Waals surface area (Å²) in [6, 6.07) is 8.66. The summed E-state index contributed by atoms with van der Waals surface area (Å²) in [6.45, 7) is 14.6. The number of fused-ring (bicyclic) bond motifs is 1. The highest BCUT2D eigenvalue weighted by Gasteiger charge is 2.32. The molecule has 0 aromatic carbocycles. The third kappa shape index (κ3) is 6.63. The molecule has 0 N–H and O–H groups in total. The number of anilines is 1. The maximum atomic E-state index is 12.4. The predicted molar refractivity (Wildman–Crippen MR) is 150 cm³/mol. The van der Waals surface area contributed by atoms with Crippen molar-refractivity contribution in [3.05, 3.63) is 66.8 Å². The largest absolute Gasteiger partial charge is 0.331 e. The number of pyridine rings is 2. The third-order valence-corrected chi connectivity index (χ3v) is 7.17. The Morgan fingerprint density at radius 1 is 1.08 bits per heavy atom. The van der Waals surface area contributed by atoms with Crippen LogP contribution in [-0.2, 0) is 6.42 Å². The lowest BCUT2D eigenvalue weighted by molar-refractivity contribution is -0.0504. The molecule has 0 atom stereocenters. The SMILES string of the molecule is C=Cc1cnc2c(c1)cc(CCC(C)C)n2-c1ccc(N2CCCC2=C)nc1.CN1CCC(F)(F)CC1. The molecule has 0 aliphatic carbocycles. The molecule has 5 rings (SSSR count). The number of hydrogen-bond donors (Lipinski definition) is 0. The predicted octanol–water partition coefficient (Wildman–Crippen LogP) is 7.11. The van der Waals surface area contributed by atoms with Crippen LogP contribution in [0.15, 0.2) is 55.5 Å². The molecule has 37 heavy (non-hydrogen) atoms. The van der Waals surface area contributed by atoms with Crippen LogP contribution in [0, 0.1) is 5.92 Å². The number of piperidine rings is 1. The van der Waals surface area contributed by atoms with Crippen molar-refractivity contribution in [2.75, 3.05) is 31.6 Å².